The minimum Gasteiger partial charge on any atom is -0.461 e. The number of hydrogen-bond acceptors (Lipinski definition) is 2. The van der Waals surface area contributed by atoms with E-state index in [-0.39, 0.29) is 0 Å². The van der Waals surface area contributed by atoms with E-state index in [1.54, 1.807) is 6.26 Å². The average Bonchev–Trinajstić information content (AvgIpc) is 3.25. The molecule has 0 spiro atoms. The topological polar surface area (TPSA) is 46.8 Å². The van der Waals surface area contributed by atoms with Gasteiger partial charge in [0.2, 0.25) is 0 Å². The molecule has 0 unspecified atom stereocenters. The highest BCUT2D eigenvalue weighted by Crippen LogP contribution is 2.21. The number of H-pyrrole nitrogens is 1. The fourth-order valence-corrected chi connectivity index (χ4v) is 2.70. The maximum Gasteiger partial charge on any atom is 0.176 e. The van der Waals surface area contributed by atoms with Gasteiger partial charge in [0.1, 0.15) is 0 Å². The van der Waals surface area contributed by atoms with Crippen molar-refractivity contribution >= 4 is 10.9 Å². The maximum atomic E-state index is 5.44. The Morgan fingerprint density at radius 1 is 1.14 bits per heavy atom. The first-order valence-electron chi connectivity index (χ1n) is 7.02. The number of nitrogens with zero attached hydrogens (tertiary/aromatic N) is 2. The van der Waals surface area contributed by atoms with Crippen LogP contribution in [-0.2, 0) is 13.0 Å². The van der Waals surface area contributed by atoms with Gasteiger partial charge in [0.25, 0.3) is 0 Å². The number of para-hydroxylation sites is 1. The molecular formula is C17H15N3O. The fourth-order valence-electron chi connectivity index (χ4n) is 2.70. The largest absolute Gasteiger partial charge is 0.461 e. The summed E-state index contributed by atoms with van der Waals surface area (Å²) >= 11 is 0. The third-order valence-corrected chi connectivity index (χ3v) is 3.75. The predicted molar refractivity (Wildman–Crippen MR) is 81.9 cm³/mol. The molecule has 0 aliphatic carbocycles. The van der Waals surface area contributed by atoms with Gasteiger partial charge in [0.05, 0.1) is 6.26 Å². The van der Waals surface area contributed by atoms with Crippen LogP contribution in [0.4, 0.5) is 0 Å². The van der Waals surface area contributed by atoms with Crippen LogP contribution < -0.4 is 0 Å². The molecule has 4 nitrogen and oxygen atoms in total. The third kappa shape index (κ3) is 2.14. The van der Waals surface area contributed by atoms with Gasteiger partial charge in [0.15, 0.2) is 11.6 Å². The normalized spacial score (nSPS) is 11.2. The van der Waals surface area contributed by atoms with E-state index < -0.39 is 0 Å². The molecule has 21 heavy (non-hydrogen) atoms. The van der Waals surface area contributed by atoms with Crippen LogP contribution in [0.25, 0.3) is 22.5 Å². The zero-order chi connectivity index (χ0) is 14.1. The first-order valence-corrected chi connectivity index (χ1v) is 7.02. The van der Waals surface area contributed by atoms with E-state index in [0.717, 1.165) is 24.6 Å². The Bertz CT molecular complexity index is 855. The number of aromatic amines is 1. The van der Waals surface area contributed by atoms with Crippen LogP contribution in [0, 0.1) is 0 Å². The number of fused-ring (bicyclic) bond motifs is 1. The SMILES string of the molecule is c1coc(-c2nccn2CCc2c[nH]c3ccccc23)c1. The molecule has 3 aromatic heterocycles. The minimum absolute atomic E-state index is 0.805. The van der Waals surface area contributed by atoms with Crippen molar-refractivity contribution in [2.75, 3.05) is 0 Å². The summed E-state index contributed by atoms with van der Waals surface area (Å²) in [5.41, 5.74) is 2.51. The van der Waals surface area contributed by atoms with E-state index in [1.807, 2.05) is 30.6 Å². The van der Waals surface area contributed by atoms with Gasteiger partial charge < -0.3 is 14.0 Å². The molecule has 0 fully saturated rings. The molecule has 4 heteroatoms. The molecule has 1 N–H and O–H groups in total. The molecule has 0 radical (unpaired) electrons. The van der Waals surface area contributed by atoms with Crippen LogP contribution in [0.1, 0.15) is 5.56 Å². The summed E-state index contributed by atoms with van der Waals surface area (Å²) in [6.45, 7) is 0.873. The van der Waals surface area contributed by atoms with E-state index in [2.05, 4.69) is 38.9 Å². The van der Waals surface area contributed by atoms with Gasteiger partial charge in [-0.25, -0.2) is 4.98 Å². The van der Waals surface area contributed by atoms with Crippen LogP contribution in [-0.4, -0.2) is 14.5 Å². The summed E-state index contributed by atoms with van der Waals surface area (Å²) in [6, 6.07) is 12.2. The smallest absolute Gasteiger partial charge is 0.176 e. The summed E-state index contributed by atoms with van der Waals surface area (Å²) < 4.78 is 7.56. The lowest BCUT2D eigenvalue weighted by Gasteiger charge is -2.05. The zero-order valence-corrected chi connectivity index (χ0v) is 11.5. The summed E-state index contributed by atoms with van der Waals surface area (Å²) in [4.78, 5) is 7.70. The number of nitrogens with one attached hydrogen (secondary N) is 1. The standard InChI is InChI=1S/C17H15N3O/c1-2-5-15-14(4-1)13(12-19-15)7-9-20-10-8-18-17(20)16-6-3-11-21-16/h1-6,8,10-12,19H,7,9H2. The molecule has 0 saturated heterocycles. The van der Waals surface area contributed by atoms with E-state index >= 15 is 0 Å². The summed E-state index contributed by atoms with van der Waals surface area (Å²) in [5, 5.41) is 1.29. The van der Waals surface area contributed by atoms with Crippen molar-refractivity contribution in [1.29, 1.82) is 0 Å². The number of imidazole rings is 1. The fraction of sp³-hybridized carbons (Fsp3) is 0.118. The van der Waals surface area contributed by atoms with Crippen molar-refractivity contribution in [3.63, 3.8) is 0 Å². The van der Waals surface area contributed by atoms with E-state index in [0.29, 0.717) is 0 Å². The second-order valence-corrected chi connectivity index (χ2v) is 5.03. The Balaban J connectivity index is 1.59. The zero-order valence-electron chi connectivity index (χ0n) is 11.5. The number of rotatable bonds is 4. The van der Waals surface area contributed by atoms with Crippen molar-refractivity contribution in [2.24, 2.45) is 0 Å². The number of aryl methyl sites for hydroxylation is 2. The van der Waals surface area contributed by atoms with E-state index in [1.165, 1.54) is 16.5 Å². The molecule has 4 aromatic rings. The van der Waals surface area contributed by atoms with Gasteiger partial charge in [-0.05, 0) is 30.2 Å². The lowest BCUT2D eigenvalue weighted by atomic mass is 10.1. The van der Waals surface area contributed by atoms with Crippen LogP contribution in [0.2, 0.25) is 0 Å². The van der Waals surface area contributed by atoms with Gasteiger partial charge in [0, 0.05) is 36.0 Å². The van der Waals surface area contributed by atoms with Crippen molar-refractivity contribution in [1.82, 2.24) is 14.5 Å². The first-order chi connectivity index (χ1) is 10.4. The second kappa shape index (κ2) is 4.98. The summed E-state index contributed by atoms with van der Waals surface area (Å²) in [6.07, 6.45) is 8.52. The molecule has 0 bridgehead atoms. The quantitative estimate of drug-likeness (QED) is 0.615. The van der Waals surface area contributed by atoms with Crippen molar-refractivity contribution < 1.29 is 4.42 Å². The highest BCUT2D eigenvalue weighted by Gasteiger charge is 2.09. The van der Waals surface area contributed by atoms with Crippen molar-refractivity contribution in [3.8, 4) is 11.6 Å². The Labute approximate surface area is 122 Å². The molecule has 0 amide bonds. The van der Waals surface area contributed by atoms with Gasteiger partial charge in [-0.15, -0.1) is 0 Å². The summed E-state index contributed by atoms with van der Waals surface area (Å²) in [5.74, 6) is 1.68. The number of aromatic nitrogens is 3. The van der Waals surface area contributed by atoms with Gasteiger partial charge in [-0.3, -0.25) is 0 Å². The second-order valence-electron chi connectivity index (χ2n) is 5.03. The molecule has 3 heterocycles. The van der Waals surface area contributed by atoms with Crippen LogP contribution in [0.3, 0.4) is 0 Å². The molecular weight excluding hydrogens is 262 g/mol. The minimum atomic E-state index is 0.805. The van der Waals surface area contributed by atoms with E-state index in [4.69, 9.17) is 4.42 Å². The maximum absolute atomic E-state index is 5.44. The number of furan rings is 1. The molecule has 0 aliphatic heterocycles. The average molecular weight is 277 g/mol. The molecule has 1 aromatic carbocycles. The van der Waals surface area contributed by atoms with Crippen LogP contribution in [0.15, 0.2) is 65.7 Å². The van der Waals surface area contributed by atoms with Crippen LogP contribution in [0.5, 0.6) is 0 Å². The lowest BCUT2D eigenvalue weighted by molar-refractivity contribution is 0.568. The Hall–Kier alpha value is -2.75. The lowest BCUT2D eigenvalue weighted by Crippen LogP contribution is -2.01. The van der Waals surface area contributed by atoms with Gasteiger partial charge >= 0.3 is 0 Å². The molecule has 0 atom stereocenters. The number of benzene rings is 1. The molecule has 0 aliphatic rings. The highest BCUT2D eigenvalue weighted by molar-refractivity contribution is 5.83. The predicted octanol–water partition coefficient (Wildman–Crippen LogP) is 3.87. The van der Waals surface area contributed by atoms with E-state index in [9.17, 15) is 0 Å². The Kier molecular flexibility index (Phi) is 2.85. The monoisotopic (exact) mass is 277 g/mol. The Morgan fingerprint density at radius 3 is 3.00 bits per heavy atom. The summed E-state index contributed by atoms with van der Waals surface area (Å²) in [7, 11) is 0. The molecule has 104 valence electrons. The molecule has 0 saturated carbocycles. The highest BCUT2D eigenvalue weighted by atomic mass is 16.3. The third-order valence-electron chi connectivity index (χ3n) is 3.75. The first kappa shape index (κ1) is 12.0. The molecule has 4 rings (SSSR count). The van der Waals surface area contributed by atoms with Crippen LogP contribution >= 0.6 is 0 Å². The van der Waals surface area contributed by atoms with Gasteiger partial charge in [-0.2, -0.15) is 0 Å². The van der Waals surface area contributed by atoms with Gasteiger partial charge in [-0.1, -0.05) is 18.2 Å². The number of hydrogen-bond donors (Lipinski definition) is 1. The van der Waals surface area contributed by atoms with Crippen molar-refractivity contribution in [3.05, 3.63) is 66.8 Å². The van der Waals surface area contributed by atoms with Crippen molar-refractivity contribution in [2.45, 2.75) is 13.0 Å². The Morgan fingerprint density at radius 2 is 2.10 bits per heavy atom.